The minimum Gasteiger partial charge on any atom is -0.634 e. The first-order chi connectivity index (χ1) is 2.77. The van der Waals surface area contributed by atoms with Gasteiger partial charge in [-0.25, -0.2) is 0 Å². The van der Waals surface area contributed by atoms with Gasteiger partial charge in [-0.15, -0.1) is 0 Å². The summed E-state index contributed by atoms with van der Waals surface area (Å²) >= 11 is 0. The maximum absolute atomic E-state index is 10.0. The Balaban J connectivity index is 2.63. The van der Waals surface area contributed by atoms with Crippen LogP contribution < -0.4 is 5.06 Å². The van der Waals surface area contributed by atoms with Gasteiger partial charge in [0.25, 0.3) is 0 Å². The highest BCUT2D eigenvalue weighted by atomic mass is 16.5. The highest BCUT2D eigenvalue weighted by Crippen LogP contribution is 1.58. The molecule has 0 amide bonds. The molecule has 0 rings (SSSR count). The molecule has 38 valence electrons. The van der Waals surface area contributed by atoms with E-state index in [1.807, 2.05) is 6.92 Å². The van der Waals surface area contributed by atoms with Crippen LogP contribution in [0.25, 0.3) is 0 Å². The molecule has 6 heavy (non-hydrogen) atoms. The number of nitrogens with one attached hydrogen (secondary N) is 1. The molecule has 0 saturated heterocycles. The maximum atomic E-state index is 10.0. The van der Waals surface area contributed by atoms with Crippen molar-refractivity contribution in [1.29, 1.82) is 0 Å². The Bertz CT molecular complexity index is 28.7. The van der Waals surface area contributed by atoms with Crippen molar-refractivity contribution in [2.24, 2.45) is 0 Å². The quantitative estimate of drug-likeness (QED) is 0.450. The molecule has 0 aromatic rings. The number of rotatable bonds is 2. The van der Waals surface area contributed by atoms with Gasteiger partial charge in [-0.1, -0.05) is 6.92 Å². The lowest BCUT2D eigenvalue weighted by Crippen LogP contribution is -3.03. The van der Waals surface area contributed by atoms with Gasteiger partial charge in [-0.2, -0.15) is 0 Å². The van der Waals surface area contributed by atoms with Crippen LogP contribution in [-0.4, -0.2) is 13.6 Å². The topological polar surface area (TPSA) is 27.5 Å². The highest BCUT2D eigenvalue weighted by molar-refractivity contribution is 4.16. The van der Waals surface area contributed by atoms with Gasteiger partial charge < -0.3 is 10.3 Å². The van der Waals surface area contributed by atoms with Gasteiger partial charge in [0.05, 0.1) is 13.6 Å². The predicted octanol–water partition coefficient (Wildman–Crippen LogP) is -0.591. The van der Waals surface area contributed by atoms with Crippen molar-refractivity contribution in [3.63, 3.8) is 0 Å². The number of quaternary nitrogens is 1. The SMILES string of the molecule is CCC[NH+](C)[O-]. The first kappa shape index (κ1) is 5.92. The number of hydroxylamine groups is 2. The van der Waals surface area contributed by atoms with Gasteiger partial charge in [0.15, 0.2) is 0 Å². The second kappa shape index (κ2) is 3.12. The van der Waals surface area contributed by atoms with Gasteiger partial charge in [0, 0.05) is 0 Å². The lowest BCUT2D eigenvalue weighted by molar-refractivity contribution is -0.825. The Kier molecular flexibility index (Phi) is 3.08. The highest BCUT2D eigenvalue weighted by Gasteiger charge is 1.77. The standard InChI is InChI=1S/C4H11NO/c1-3-4-5(2)6/h5H,3-4H2,1-2H3. The summed E-state index contributed by atoms with van der Waals surface area (Å²) in [6.45, 7) is 2.74. The molecule has 0 fully saturated rings. The number of hydrogen-bond donors (Lipinski definition) is 1. The molecular weight excluding hydrogens is 78.0 g/mol. The van der Waals surface area contributed by atoms with Crippen LogP contribution in [0.1, 0.15) is 13.3 Å². The Morgan fingerprint density at radius 3 is 2.17 bits per heavy atom. The second-order valence-corrected chi connectivity index (χ2v) is 1.45. The van der Waals surface area contributed by atoms with Gasteiger partial charge in [-0.05, 0) is 6.42 Å². The largest absolute Gasteiger partial charge is 0.634 e. The summed E-state index contributed by atoms with van der Waals surface area (Å²) in [7, 11) is 1.61. The molecular formula is C4H11NO. The molecule has 0 aliphatic rings. The third-order valence-electron chi connectivity index (χ3n) is 0.602. The Morgan fingerprint density at radius 2 is 2.17 bits per heavy atom. The molecule has 1 N–H and O–H groups in total. The minimum atomic E-state index is 0.289. The normalized spacial score (nSPS) is 14.5. The van der Waals surface area contributed by atoms with E-state index in [2.05, 4.69) is 0 Å². The minimum absolute atomic E-state index is 0.289. The molecule has 1 unspecified atom stereocenters. The molecule has 0 aliphatic carbocycles. The molecule has 0 aromatic heterocycles. The van der Waals surface area contributed by atoms with Crippen LogP contribution in [0.4, 0.5) is 0 Å². The molecule has 2 nitrogen and oxygen atoms in total. The monoisotopic (exact) mass is 89.1 g/mol. The summed E-state index contributed by atoms with van der Waals surface area (Å²) in [4.78, 5) is 0. The lowest BCUT2D eigenvalue weighted by Gasteiger charge is -2.13. The predicted molar refractivity (Wildman–Crippen MR) is 25.4 cm³/mol. The number of hydrogen-bond acceptors (Lipinski definition) is 1. The Hall–Kier alpha value is -0.0800. The third kappa shape index (κ3) is 3.92. The fourth-order valence-electron chi connectivity index (χ4n) is 0.352. The zero-order valence-corrected chi connectivity index (χ0v) is 4.32. The summed E-state index contributed by atoms with van der Waals surface area (Å²) in [5.41, 5.74) is 0. The molecule has 0 bridgehead atoms. The summed E-state index contributed by atoms with van der Waals surface area (Å²) < 4.78 is 0. The van der Waals surface area contributed by atoms with E-state index in [1.165, 1.54) is 0 Å². The van der Waals surface area contributed by atoms with Crippen LogP contribution in [0, 0.1) is 5.21 Å². The fourth-order valence-corrected chi connectivity index (χ4v) is 0.352. The van der Waals surface area contributed by atoms with Crippen molar-refractivity contribution < 1.29 is 5.06 Å². The van der Waals surface area contributed by atoms with Gasteiger partial charge >= 0.3 is 0 Å². The summed E-state index contributed by atoms with van der Waals surface area (Å²) in [6.07, 6.45) is 0.981. The van der Waals surface area contributed by atoms with E-state index in [0.29, 0.717) is 0 Å². The van der Waals surface area contributed by atoms with Crippen LogP contribution in [0.15, 0.2) is 0 Å². The van der Waals surface area contributed by atoms with E-state index < -0.39 is 0 Å². The van der Waals surface area contributed by atoms with Gasteiger partial charge in [0.2, 0.25) is 0 Å². The van der Waals surface area contributed by atoms with E-state index in [4.69, 9.17) is 0 Å². The maximum Gasteiger partial charge on any atom is 0.0763 e. The molecule has 0 radical (unpaired) electrons. The van der Waals surface area contributed by atoms with E-state index in [0.717, 1.165) is 13.0 Å². The average Bonchev–Trinajstić information content (AvgIpc) is 1.35. The molecule has 0 spiro atoms. The molecule has 0 aromatic carbocycles. The molecule has 0 aliphatic heterocycles. The van der Waals surface area contributed by atoms with Crippen LogP contribution >= 0.6 is 0 Å². The van der Waals surface area contributed by atoms with E-state index >= 15 is 0 Å². The Labute approximate surface area is 38.3 Å². The Morgan fingerprint density at radius 1 is 1.67 bits per heavy atom. The lowest BCUT2D eigenvalue weighted by atomic mass is 10.5. The van der Waals surface area contributed by atoms with Crippen LogP contribution in [0.2, 0.25) is 0 Å². The van der Waals surface area contributed by atoms with Crippen molar-refractivity contribution in [2.45, 2.75) is 13.3 Å². The average molecular weight is 89.1 g/mol. The molecule has 1 atom stereocenters. The van der Waals surface area contributed by atoms with Gasteiger partial charge in [-0.3, -0.25) is 0 Å². The van der Waals surface area contributed by atoms with Gasteiger partial charge in [0.1, 0.15) is 0 Å². The molecule has 2 heteroatoms. The van der Waals surface area contributed by atoms with Crippen molar-refractivity contribution in [1.82, 2.24) is 0 Å². The summed E-state index contributed by atoms with van der Waals surface area (Å²) in [5.74, 6) is 0. The first-order valence-electron chi connectivity index (χ1n) is 2.26. The molecule has 0 saturated carbocycles. The zero-order valence-electron chi connectivity index (χ0n) is 4.32. The molecule has 0 heterocycles. The second-order valence-electron chi connectivity index (χ2n) is 1.45. The zero-order chi connectivity index (χ0) is 4.99. The van der Waals surface area contributed by atoms with Crippen molar-refractivity contribution in [3.8, 4) is 0 Å². The van der Waals surface area contributed by atoms with Crippen LogP contribution in [-0.2, 0) is 0 Å². The fraction of sp³-hybridized carbons (Fsp3) is 1.00. The van der Waals surface area contributed by atoms with Crippen molar-refractivity contribution in [2.75, 3.05) is 13.6 Å². The van der Waals surface area contributed by atoms with E-state index in [-0.39, 0.29) is 5.06 Å². The third-order valence-corrected chi connectivity index (χ3v) is 0.602. The van der Waals surface area contributed by atoms with Crippen molar-refractivity contribution in [3.05, 3.63) is 5.21 Å². The van der Waals surface area contributed by atoms with Crippen LogP contribution in [0.3, 0.4) is 0 Å². The van der Waals surface area contributed by atoms with Crippen molar-refractivity contribution >= 4 is 0 Å². The van der Waals surface area contributed by atoms with E-state index in [1.54, 1.807) is 7.05 Å². The summed E-state index contributed by atoms with van der Waals surface area (Å²) in [5, 5.41) is 10.3. The first-order valence-corrected chi connectivity index (χ1v) is 2.26. The van der Waals surface area contributed by atoms with Crippen LogP contribution in [0.5, 0.6) is 0 Å². The summed E-state index contributed by atoms with van der Waals surface area (Å²) in [6, 6.07) is 0. The smallest absolute Gasteiger partial charge is 0.0763 e. The van der Waals surface area contributed by atoms with E-state index in [9.17, 15) is 5.21 Å².